The van der Waals surface area contributed by atoms with E-state index in [1.54, 1.807) is 0 Å². The lowest BCUT2D eigenvalue weighted by Gasteiger charge is -2.28. The van der Waals surface area contributed by atoms with Gasteiger partial charge in [0.1, 0.15) is 0 Å². The van der Waals surface area contributed by atoms with Gasteiger partial charge in [-0.05, 0) is 43.0 Å². The van der Waals surface area contributed by atoms with Crippen molar-refractivity contribution in [2.75, 3.05) is 5.32 Å². The Balaban J connectivity index is 1.66. The van der Waals surface area contributed by atoms with Gasteiger partial charge in [0.25, 0.3) is 0 Å². The highest BCUT2D eigenvalue weighted by Gasteiger charge is 2.18. The van der Waals surface area contributed by atoms with Gasteiger partial charge in [-0.25, -0.2) is 0 Å². The first kappa shape index (κ1) is 12.2. The Morgan fingerprint density at radius 2 is 2.05 bits per heavy atom. The van der Waals surface area contributed by atoms with Crippen LogP contribution in [0.15, 0.2) is 35.1 Å². The van der Waals surface area contributed by atoms with Crippen molar-refractivity contribution in [3.05, 3.63) is 30.7 Å². The van der Waals surface area contributed by atoms with Crippen LogP contribution in [0.1, 0.15) is 32.6 Å². The molecule has 0 bridgehead atoms. The summed E-state index contributed by atoms with van der Waals surface area (Å²) in [4.78, 5) is 0. The van der Waals surface area contributed by atoms with Crippen LogP contribution < -0.4 is 5.32 Å². The molecule has 0 radical (unpaired) electrons. The van der Waals surface area contributed by atoms with Crippen molar-refractivity contribution in [1.29, 1.82) is 0 Å². The smallest absolute Gasteiger partial charge is 0.247 e. The van der Waals surface area contributed by atoms with E-state index in [1.165, 1.54) is 37.8 Å². The lowest BCUT2D eigenvalue weighted by atomic mass is 9.87. The summed E-state index contributed by atoms with van der Waals surface area (Å²) < 4.78 is 5.18. The quantitative estimate of drug-likeness (QED) is 0.910. The average molecular weight is 257 g/mol. The third-order valence-electron chi connectivity index (χ3n) is 3.80. The molecule has 1 aliphatic rings. The molecule has 1 fully saturated rings. The van der Waals surface area contributed by atoms with Crippen LogP contribution in [0.4, 0.5) is 5.69 Å². The van der Waals surface area contributed by atoms with Crippen molar-refractivity contribution in [1.82, 2.24) is 10.2 Å². The van der Waals surface area contributed by atoms with Crippen molar-refractivity contribution >= 4 is 5.69 Å². The molecule has 1 saturated carbocycles. The van der Waals surface area contributed by atoms with Crippen LogP contribution in [0.3, 0.4) is 0 Å². The van der Waals surface area contributed by atoms with Gasteiger partial charge < -0.3 is 9.73 Å². The zero-order valence-corrected chi connectivity index (χ0v) is 11.2. The van der Waals surface area contributed by atoms with Gasteiger partial charge in [-0.2, -0.15) is 0 Å². The molecule has 0 aliphatic heterocycles. The van der Waals surface area contributed by atoms with Gasteiger partial charge >= 0.3 is 0 Å². The maximum absolute atomic E-state index is 5.18. The van der Waals surface area contributed by atoms with E-state index in [9.17, 15) is 0 Å². The van der Waals surface area contributed by atoms with E-state index in [1.807, 2.05) is 12.1 Å². The first-order chi connectivity index (χ1) is 9.31. The Hall–Kier alpha value is -1.84. The number of aromatic nitrogens is 2. The van der Waals surface area contributed by atoms with E-state index in [2.05, 4.69) is 34.6 Å². The van der Waals surface area contributed by atoms with Crippen molar-refractivity contribution in [2.45, 2.75) is 38.6 Å². The molecular weight excluding hydrogens is 238 g/mol. The average Bonchev–Trinajstić information content (AvgIpc) is 2.94. The number of nitrogens with zero attached hydrogens (tertiary/aromatic N) is 2. The first-order valence-electron chi connectivity index (χ1n) is 6.94. The second-order valence-electron chi connectivity index (χ2n) is 5.43. The van der Waals surface area contributed by atoms with Gasteiger partial charge in [-0.3, -0.25) is 0 Å². The zero-order valence-electron chi connectivity index (χ0n) is 11.2. The minimum absolute atomic E-state index is 0.567. The van der Waals surface area contributed by atoms with Crippen LogP contribution in [-0.2, 0) is 0 Å². The lowest BCUT2D eigenvalue weighted by molar-refractivity contribution is 0.358. The molecule has 1 N–H and O–H groups in total. The summed E-state index contributed by atoms with van der Waals surface area (Å²) in [5, 5.41) is 11.2. The molecule has 0 spiro atoms. The Kier molecular flexibility index (Phi) is 3.49. The number of rotatable bonds is 3. The maximum Gasteiger partial charge on any atom is 0.247 e. The van der Waals surface area contributed by atoms with Gasteiger partial charge in [0.15, 0.2) is 0 Å². The SMILES string of the molecule is CC1CCCC(Nc2ccc(-c3nnco3)cc2)C1. The molecular formula is C15H19N3O. The zero-order chi connectivity index (χ0) is 13.1. The van der Waals surface area contributed by atoms with E-state index in [0.717, 1.165) is 11.5 Å². The fraction of sp³-hybridized carbons (Fsp3) is 0.467. The Morgan fingerprint density at radius 1 is 1.21 bits per heavy atom. The van der Waals surface area contributed by atoms with E-state index in [0.29, 0.717) is 11.9 Å². The standard InChI is InChI=1S/C15H19N3O/c1-11-3-2-4-14(9-11)17-13-7-5-12(6-8-13)15-18-16-10-19-15/h5-8,10-11,14,17H,2-4,9H2,1H3. The van der Waals surface area contributed by atoms with Crippen LogP contribution in [-0.4, -0.2) is 16.2 Å². The largest absolute Gasteiger partial charge is 0.423 e. The monoisotopic (exact) mass is 257 g/mol. The molecule has 2 atom stereocenters. The molecule has 4 heteroatoms. The van der Waals surface area contributed by atoms with Gasteiger partial charge in [0, 0.05) is 17.3 Å². The number of hydrogen-bond acceptors (Lipinski definition) is 4. The van der Waals surface area contributed by atoms with E-state index < -0.39 is 0 Å². The number of hydrogen-bond donors (Lipinski definition) is 1. The van der Waals surface area contributed by atoms with E-state index in [4.69, 9.17) is 4.42 Å². The van der Waals surface area contributed by atoms with Gasteiger partial charge in [-0.1, -0.05) is 19.8 Å². The summed E-state index contributed by atoms with van der Waals surface area (Å²) in [5.74, 6) is 1.40. The second kappa shape index (κ2) is 5.43. The molecule has 1 aromatic heterocycles. The molecule has 1 aliphatic carbocycles. The van der Waals surface area contributed by atoms with Crippen LogP contribution >= 0.6 is 0 Å². The third-order valence-corrected chi connectivity index (χ3v) is 3.80. The minimum atomic E-state index is 0.567. The van der Waals surface area contributed by atoms with Gasteiger partial charge in [-0.15, -0.1) is 10.2 Å². The molecule has 0 saturated heterocycles. The lowest BCUT2D eigenvalue weighted by Crippen LogP contribution is -2.26. The number of benzene rings is 1. The molecule has 3 rings (SSSR count). The van der Waals surface area contributed by atoms with Crippen LogP contribution in [0.2, 0.25) is 0 Å². The number of anilines is 1. The predicted octanol–water partition coefficient (Wildman–Crippen LogP) is 3.73. The van der Waals surface area contributed by atoms with Gasteiger partial charge in [0.05, 0.1) is 0 Å². The highest BCUT2D eigenvalue weighted by Crippen LogP contribution is 2.27. The summed E-state index contributed by atoms with van der Waals surface area (Å²) in [6, 6.07) is 8.81. The summed E-state index contributed by atoms with van der Waals surface area (Å²) in [7, 11) is 0. The van der Waals surface area contributed by atoms with E-state index in [-0.39, 0.29) is 0 Å². The third kappa shape index (κ3) is 2.95. The molecule has 2 aromatic rings. The van der Waals surface area contributed by atoms with Crippen LogP contribution in [0, 0.1) is 5.92 Å². The molecule has 100 valence electrons. The fourth-order valence-electron chi connectivity index (χ4n) is 2.81. The van der Waals surface area contributed by atoms with Crippen molar-refractivity contribution in [2.24, 2.45) is 5.92 Å². The Labute approximate surface area is 113 Å². The summed E-state index contributed by atoms with van der Waals surface area (Å²) in [6.07, 6.45) is 6.60. The molecule has 4 nitrogen and oxygen atoms in total. The molecule has 1 heterocycles. The van der Waals surface area contributed by atoms with Crippen molar-refractivity contribution in [3.8, 4) is 11.5 Å². The highest BCUT2D eigenvalue weighted by molar-refractivity contribution is 5.58. The Bertz CT molecular complexity index is 507. The topological polar surface area (TPSA) is 51.0 Å². The summed E-state index contributed by atoms with van der Waals surface area (Å²) >= 11 is 0. The number of nitrogens with one attached hydrogen (secondary N) is 1. The fourth-order valence-corrected chi connectivity index (χ4v) is 2.81. The van der Waals surface area contributed by atoms with E-state index >= 15 is 0 Å². The van der Waals surface area contributed by atoms with Gasteiger partial charge in [0.2, 0.25) is 12.3 Å². The minimum Gasteiger partial charge on any atom is -0.423 e. The highest BCUT2D eigenvalue weighted by atomic mass is 16.4. The molecule has 2 unspecified atom stereocenters. The summed E-state index contributed by atoms with van der Waals surface area (Å²) in [5.41, 5.74) is 2.13. The van der Waals surface area contributed by atoms with Crippen LogP contribution in [0.25, 0.3) is 11.5 Å². The second-order valence-corrected chi connectivity index (χ2v) is 5.43. The van der Waals surface area contributed by atoms with Crippen molar-refractivity contribution < 1.29 is 4.42 Å². The maximum atomic E-state index is 5.18. The normalized spacial score (nSPS) is 23.2. The Morgan fingerprint density at radius 3 is 2.74 bits per heavy atom. The predicted molar refractivity (Wildman–Crippen MR) is 74.8 cm³/mol. The van der Waals surface area contributed by atoms with Crippen LogP contribution in [0.5, 0.6) is 0 Å². The molecule has 0 amide bonds. The molecule has 1 aromatic carbocycles. The first-order valence-corrected chi connectivity index (χ1v) is 6.94. The summed E-state index contributed by atoms with van der Waals surface area (Å²) in [6.45, 7) is 2.34. The van der Waals surface area contributed by atoms with Crippen molar-refractivity contribution in [3.63, 3.8) is 0 Å². The molecule has 19 heavy (non-hydrogen) atoms.